The van der Waals surface area contributed by atoms with Crippen LogP contribution in [0.25, 0.3) is 6.08 Å². The van der Waals surface area contributed by atoms with Crippen LogP contribution in [0, 0.1) is 20.2 Å². The number of anilines is 2. The fraction of sp³-hybridized carbons (Fsp3) is 0.0333. The van der Waals surface area contributed by atoms with Crippen LogP contribution in [-0.4, -0.2) is 33.3 Å². The molecule has 0 aromatic heterocycles. The van der Waals surface area contributed by atoms with Crippen molar-refractivity contribution in [2.75, 3.05) is 16.4 Å². The highest BCUT2D eigenvalue weighted by atomic mass is 32.2. The minimum Gasteiger partial charge on any atom is -0.325 e. The summed E-state index contributed by atoms with van der Waals surface area (Å²) >= 11 is 1.19. The summed E-state index contributed by atoms with van der Waals surface area (Å²) in [6, 6.07) is 26.1. The minimum atomic E-state index is -0.722. The number of carbonyl (C=O) groups is 3. The number of para-hydroxylation sites is 1. The number of nitro groups is 2. The smallest absolute Gasteiger partial charge is 0.276 e. The Labute approximate surface area is 249 Å². The molecule has 43 heavy (non-hydrogen) atoms. The van der Waals surface area contributed by atoms with Gasteiger partial charge in [0.25, 0.3) is 23.2 Å². The van der Waals surface area contributed by atoms with Gasteiger partial charge in [0.05, 0.1) is 21.2 Å². The first kappa shape index (κ1) is 30.1. The van der Waals surface area contributed by atoms with Crippen LogP contribution in [0.3, 0.4) is 0 Å². The van der Waals surface area contributed by atoms with Gasteiger partial charge in [0, 0.05) is 40.0 Å². The molecule has 0 saturated heterocycles. The van der Waals surface area contributed by atoms with E-state index in [0.29, 0.717) is 16.3 Å². The molecule has 12 nitrogen and oxygen atoms in total. The Morgan fingerprint density at radius 3 is 2.14 bits per heavy atom. The summed E-state index contributed by atoms with van der Waals surface area (Å²) < 4.78 is 0. The van der Waals surface area contributed by atoms with Crippen LogP contribution in [0.5, 0.6) is 0 Å². The van der Waals surface area contributed by atoms with Gasteiger partial charge in [-0.3, -0.25) is 34.6 Å². The van der Waals surface area contributed by atoms with Gasteiger partial charge in [-0.2, -0.15) is 0 Å². The van der Waals surface area contributed by atoms with Gasteiger partial charge in [-0.25, -0.2) is 0 Å². The average Bonchev–Trinajstić information content (AvgIpc) is 3.00. The number of hydrogen-bond donors (Lipinski definition) is 3. The molecule has 216 valence electrons. The first-order valence-electron chi connectivity index (χ1n) is 12.6. The van der Waals surface area contributed by atoms with Crippen molar-refractivity contribution in [3.63, 3.8) is 0 Å². The number of non-ortho nitro benzene ring substituents is 1. The molecule has 0 spiro atoms. The van der Waals surface area contributed by atoms with E-state index in [-0.39, 0.29) is 39.9 Å². The SMILES string of the molecule is O=C(CSc1cccc(NC(=O)/C(=C\c2ccccc2[N+](=O)[O-])NC(=O)c2ccccc2)c1)Nc1ccc([N+](=O)[O-])cc1. The molecule has 3 amide bonds. The standard InChI is InChI=1S/C30H23N5O7S/c36-28(31-22-13-15-24(16-14-22)34(39)40)19-43-25-11-6-10-23(18-25)32-30(38)26(33-29(37)20-7-2-1-3-8-20)17-21-9-4-5-12-27(21)35(41)42/h1-18H,19H2,(H,31,36)(H,32,38)(H,33,37)/b26-17+. The Hall–Kier alpha value is -5.82. The van der Waals surface area contributed by atoms with Crippen molar-refractivity contribution in [2.24, 2.45) is 0 Å². The van der Waals surface area contributed by atoms with Crippen molar-refractivity contribution in [3.8, 4) is 0 Å². The molecule has 0 radical (unpaired) electrons. The molecule has 0 unspecified atom stereocenters. The van der Waals surface area contributed by atoms with Crippen molar-refractivity contribution in [1.29, 1.82) is 0 Å². The Bertz CT molecular complexity index is 1710. The van der Waals surface area contributed by atoms with Crippen LogP contribution in [0.2, 0.25) is 0 Å². The molecule has 4 aromatic rings. The van der Waals surface area contributed by atoms with E-state index < -0.39 is 21.7 Å². The van der Waals surface area contributed by atoms with Gasteiger partial charge in [-0.1, -0.05) is 36.4 Å². The van der Waals surface area contributed by atoms with E-state index >= 15 is 0 Å². The molecule has 0 heterocycles. The second-order valence-corrected chi connectivity index (χ2v) is 9.87. The number of thioether (sulfide) groups is 1. The van der Waals surface area contributed by atoms with Crippen LogP contribution in [0.15, 0.2) is 114 Å². The monoisotopic (exact) mass is 597 g/mol. The molecule has 3 N–H and O–H groups in total. The number of carbonyl (C=O) groups excluding carboxylic acids is 3. The fourth-order valence-corrected chi connectivity index (χ4v) is 4.50. The summed E-state index contributed by atoms with van der Waals surface area (Å²) in [7, 11) is 0. The average molecular weight is 598 g/mol. The van der Waals surface area contributed by atoms with E-state index in [0.717, 1.165) is 0 Å². The predicted molar refractivity (Wildman–Crippen MR) is 163 cm³/mol. The van der Waals surface area contributed by atoms with Crippen molar-refractivity contribution >= 4 is 58.3 Å². The van der Waals surface area contributed by atoms with Gasteiger partial charge in [0.1, 0.15) is 5.70 Å². The summed E-state index contributed by atoms with van der Waals surface area (Å²) in [5, 5.41) is 30.2. The molecule has 0 bridgehead atoms. The largest absolute Gasteiger partial charge is 0.325 e. The van der Waals surface area contributed by atoms with Gasteiger partial charge >= 0.3 is 0 Å². The lowest BCUT2D eigenvalue weighted by molar-refractivity contribution is -0.385. The summed E-state index contributed by atoms with van der Waals surface area (Å²) in [5.74, 6) is -1.62. The zero-order valence-corrected chi connectivity index (χ0v) is 23.1. The van der Waals surface area contributed by atoms with Crippen LogP contribution >= 0.6 is 11.8 Å². The maximum atomic E-state index is 13.3. The number of nitrogens with one attached hydrogen (secondary N) is 3. The van der Waals surface area contributed by atoms with E-state index in [2.05, 4.69) is 16.0 Å². The molecule has 0 saturated carbocycles. The molecular weight excluding hydrogens is 574 g/mol. The molecule has 13 heteroatoms. The van der Waals surface area contributed by atoms with E-state index in [1.54, 1.807) is 60.7 Å². The van der Waals surface area contributed by atoms with E-state index in [1.807, 2.05) is 0 Å². The Balaban J connectivity index is 1.47. The first-order chi connectivity index (χ1) is 20.7. The first-order valence-corrected chi connectivity index (χ1v) is 13.6. The number of nitro benzene ring substituents is 2. The Kier molecular flexibility index (Phi) is 9.95. The molecule has 0 aliphatic carbocycles. The second-order valence-electron chi connectivity index (χ2n) is 8.82. The van der Waals surface area contributed by atoms with Gasteiger partial charge < -0.3 is 16.0 Å². The van der Waals surface area contributed by atoms with E-state index in [9.17, 15) is 34.6 Å². The Morgan fingerprint density at radius 1 is 0.744 bits per heavy atom. The lowest BCUT2D eigenvalue weighted by Crippen LogP contribution is -2.30. The molecule has 4 aromatic carbocycles. The third-order valence-electron chi connectivity index (χ3n) is 5.79. The third kappa shape index (κ3) is 8.58. The number of nitrogens with zero attached hydrogens (tertiary/aromatic N) is 2. The van der Waals surface area contributed by atoms with Crippen LogP contribution in [-0.2, 0) is 9.59 Å². The third-order valence-corrected chi connectivity index (χ3v) is 6.78. The molecule has 0 aliphatic rings. The van der Waals surface area contributed by atoms with Crippen molar-refractivity contribution < 1.29 is 24.2 Å². The second kappa shape index (κ2) is 14.2. The summed E-state index contributed by atoms with van der Waals surface area (Å²) in [4.78, 5) is 60.4. The number of rotatable bonds is 11. The fourth-order valence-electron chi connectivity index (χ4n) is 3.75. The highest BCUT2D eigenvalue weighted by Crippen LogP contribution is 2.24. The molecule has 0 fully saturated rings. The number of hydrogen-bond acceptors (Lipinski definition) is 8. The van der Waals surface area contributed by atoms with Gasteiger partial charge in [0.15, 0.2) is 0 Å². The maximum absolute atomic E-state index is 13.3. The minimum absolute atomic E-state index is 0.0182. The highest BCUT2D eigenvalue weighted by molar-refractivity contribution is 8.00. The molecule has 4 rings (SSSR count). The maximum Gasteiger partial charge on any atom is 0.276 e. The molecular formula is C30H23N5O7S. The van der Waals surface area contributed by atoms with E-state index in [1.165, 1.54) is 60.3 Å². The predicted octanol–water partition coefficient (Wildman–Crippen LogP) is 5.64. The lowest BCUT2D eigenvalue weighted by atomic mass is 10.1. The summed E-state index contributed by atoms with van der Waals surface area (Å²) in [6.07, 6.45) is 1.23. The van der Waals surface area contributed by atoms with E-state index in [4.69, 9.17) is 0 Å². The number of amides is 3. The number of benzene rings is 4. The quantitative estimate of drug-likeness (QED) is 0.0861. The lowest BCUT2D eigenvalue weighted by Gasteiger charge is -2.12. The van der Waals surface area contributed by atoms with Gasteiger partial charge in [-0.15, -0.1) is 11.8 Å². The van der Waals surface area contributed by atoms with Crippen molar-refractivity contribution in [2.45, 2.75) is 4.90 Å². The topological polar surface area (TPSA) is 174 Å². The van der Waals surface area contributed by atoms with Crippen molar-refractivity contribution in [1.82, 2.24) is 5.32 Å². The Morgan fingerprint density at radius 2 is 1.44 bits per heavy atom. The summed E-state index contributed by atoms with van der Waals surface area (Å²) in [6.45, 7) is 0. The normalized spacial score (nSPS) is 10.8. The van der Waals surface area contributed by atoms with Gasteiger partial charge in [0.2, 0.25) is 5.91 Å². The zero-order valence-electron chi connectivity index (χ0n) is 22.3. The van der Waals surface area contributed by atoms with Crippen molar-refractivity contribution in [3.05, 3.63) is 140 Å². The van der Waals surface area contributed by atoms with Crippen LogP contribution < -0.4 is 16.0 Å². The van der Waals surface area contributed by atoms with Crippen LogP contribution in [0.4, 0.5) is 22.7 Å². The summed E-state index contributed by atoms with van der Waals surface area (Å²) in [5.41, 5.74) is 0.617. The molecule has 0 aliphatic heterocycles. The van der Waals surface area contributed by atoms with Crippen LogP contribution in [0.1, 0.15) is 15.9 Å². The van der Waals surface area contributed by atoms with Gasteiger partial charge in [-0.05, 0) is 54.6 Å². The highest BCUT2D eigenvalue weighted by Gasteiger charge is 2.18. The zero-order chi connectivity index (χ0) is 30.8. The molecule has 0 atom stereocenters.